The maximum absolute atomic E-state index is 12.4. The van der Waals surface area contributed by atoms with Crippen LogP contribution in [0.1, 0.15) is 27.2 Å². The number of nitrogens with zero attached hydrogens (tertiary/aromatic N) is 1. The van der Waals surface area contributed by atoms with Crippen LogP contribution < -0.4 is 10.5 Å². The maximum Gasteiger partial charge on any atom is 0.269 e. The van der Waals surface area contributed by atoms with E-state index in [4.69, 9.17) is 5.14 Å². The van der Waals surface area contributed by atoms with Crippen LogP contribution in [0.15, 0.2) is 47.4 Å². The maximum atomic E-state index is 12.4. The standard InChI is InChI=1S/C19H20N4O4S/c1-11-7-12(2)18(17(24)8-11)15-9-16(23-22-15)19(25)21-10-13-3-5-14(6-4-13)28(20,26)27/h3-9,24H,10H2,1-2H3,(H,21,25)(H,22,23)(H2,20,26,27). The number of phenolic OH excluding ortho intramolecular Hbond substituents is 1. The number of H-pyrrole nitrogens is 1. The Balaban J connectivity index is 1.71. The first kappa shape index (κ1) is 19.6. The van der Waals surface area contributed by atoms with Crippen molar-refractivity contribution in [3.8, 4) is 17.0 Å². The molecule has 0 aliphatic carbocycles. The van der Waals surface area contributed by atoms with Gasteiger partial charge in [-0.2, -0.15) is 5.10 Å². The average molecular weight is 400 g/mol. The normalized spacial score (nSPS) is 11.4. The van der Waals surface area contributed by atoms with Gasteiger partial charge < -0.3 is 10.4 Å². The molecule has 0 aliphatic heterocycles. The molecule has 146 valence electrons. The summed E-state index contributed by atoms with van der Waals surface area (Å²) in [5.41, 5.74) is 3.78. The summed E-state index contributed by atoms with van der Waals surface area (Å²) in [6, 6.07) is 11.0. The molecule has 0 fully saturated rings. The van der Waals surface area contributed by atoms with Crippen molar-refractivity contribution in [1.82, 2.24) is 15.5 Å². The fourth-order valence-corrected chi connectivity index (χ4v) is 3.43. The van der Waals surface area contributed by atoms with E-state index in [1.807, 2.05) is 19.9 Å². The van der Waals surface area contributed by atoms with Gasteiger partial charge in [0.2, 0.25) is 10.0 Å². The summed E-state index contributed by atoms with van der Waals surface area (Å²) >= 11 is 0. The van der Waals surface area contributed by atoms with Crippen molar-refractivity contribution in [2.75, 3.05) is 0 Å². The van der Waals surface area contributed by atoms with Gasteiger partial charge in [0.05, 0.1) is 10.6 Å². The fourth-order valence-electron chi connectivity index (χ4n) is 2.92. The molecular formula is C19H20N4O4S. The van der Waals surface area contributed by atoms with Gasteiger partial charge in [0, 0.05) is 12.1 Å². The van der Waals surface area contributed by atoms with Crippen LogP contribution in [-0.2, 0) is 16.6 Å². The summed E-state index contributed by atoms with van der Waals surface area (Å²) in [5, 5.41) is 24.8. The van der Waals surface area contributed by atoms with Gasteiger partial charge in [-0.05, 0) is 54.8 Å². The molecule has 28 heavy (non-hydrogen) atoms. The molecule has 0 aliphatic rings. The summed E-state index contributed by atoms with van der Waals surface area (Å²) in [4.78, 5) is 12.4. The number of nitrogens with one attached hydrogen (secondary N) is 2. The molecular weight excluding hydrogens is 380 g/mol. The highest BCUT2D eigenvalue weighted by atomic mass is 32.2. The number of benzene rings is 2. The van der Waals surface area contributed by atoms with Crippen LogP contribution >= 0.6 is 0 Å². The van der Waals surface area contributed by atoms with Crippen LogP contribution in [0.3, 0.4) is 0 Å². The highest BCUT2D eigenvalue weighted by Crippen LogP contribution is 2.32. The SMILES string of the molecule is Cc1cc(C)c(-c2cc(C(=O)NCc3ccc(S(N)(=O)=O)cc3)[nH]n2)c(O)c1. The number of carbonyl (C=O) groups is 1. The minimum Gasteiger partial charge on any atom is -0.507 e. The Morgan fingerprint density at radius 1 is 1.18 bits per heavy atom. The van der Waals surface area contributed by atoms with Crippen molar-refractivity contribution in [2.24, 2.45) is 5.14 Å². The first-order chi connectivity index (χ1) is 13.1. The van der Waals surface area contributed by atoms with Crippen LogP contribution in [0.25, 0.3) is 11.3 Å². The third-order valence-electron chi connectivity index (χ3n) is 4.24. The minimum absolute atomic E-state index is 0.00839. The Morgan fingerprint density at radius 2 is 1.86 bits per heavy atom. The highest BCUT2D eigenvalue weighted by Gasteiger charge is 2.15. The summed E-state index contributed by atoms with van der Waals surface area (Å²) in [7, 11) is -3.75. The summed E-state index contributed by atoms with van der Waals surface area (Å²) in [6.45, 7) is 3.95. The molecule has 9 heteroatoms. The van der Waals surface area contributed by atoms with Crippen LogP contribution in [0, 0.1) is 13.8 Å². The van der Waals surface area contributed by atoms with Crippen molar-refractivity contribution < 1.29 is 18.3 Å². The Labute approximate surface area is 162 Å². The number of sulfonamides is 1. The molecule has 0 radical (unpaired) electrons. The van der Waals surface area contributed by atoms with E-state index in [9.17, 15) is 18.3 Å². The predicted octanol–water partition coefficient (Wildman–Crippen LogP) is 1.98. The smallest absolute Gasteiger partial charge is 0.269 e. The first-order valence-electron chi connectivity index (χ1n) is 8.41. The summed E-state index contributed by atoms with van der Waals surface area (Å²) < 4.78 is 22.5. The van der Waals surface area contributed by atoms with Gasteiger partial charge in [0.15, 0.2) is 0 Å². The van der Waals surface area contributed by atoms with E-state index >= 15 is 0 Å². The number of aryl methyl sites for hydroxylation is 2. The molecule has 0 unspecified atom stereocenters. The largest absolute Gasteiger partial charge is 0.507 e. The number of primary sulfonamides is 1. The van der Waals surface area contributed by atoms with Crippen LogP contribution in [0.4, 0.5) is 0 Å². The van der Waals surface area contributed by atoms with Gasteiger partial charge in [-0.15, -0.1) is 0 Å². The Bertz CT molecular complexity index is 1110. The van der Waals surface area contributed by atoms with E-state index in [0.717, 1.165) is 11.1 Å². The van der Waals surface area contributed by atoms with E-state index in [2.05, 4.69) is 15.5 Å². The van der Waals surface area contributed by atoms with E-state index in [1.165, 1.54) is 12.1 Å². The molecule has 5 N–H and O–H groups in total. The Hall–Kier alpha value is -3.17. The lowest BCUT2D eigenvalue weighted by molar-refractivity contribution is 0.0946. The quantitative estimate of drug-likeness (QED) is 0.519. The van der Waals surface area contributed by atoms with Crippen molar-refractivity contribution in [3.63, 3.8) is 0 Å². The van der Waals surface area contributed by atoms with Gasteiger partial charge in [-0.1, -0.05) is 18.2 Å². The Kier molecular flexibility index (Phi) is 5.21. The van der Waals surface area contributed by atoms with E-state index < -0.39 is 10.0 Å². The van der Waals surface area contributed by atoms with E-state index in [0.29, 0.717) is 16.8 Å². The summed E-state index contributed by atoms with van der Waals surface area (Å²) in [6.07, 6.45) is 0. The second-order valence-corrected chi connectivity index (χ2v) is 8.08. The lowest BCUT2D eigenvalue weighted by Gasteiger charge is -2.07. The monoisotopic (exact) mass is 400 g/mol. The molecule has 1 heterocycles. The summed E-state index contributed by atoms with van der Waals surface area (Å²) in [5.74, 6) is -0.274. The molecule has 0 saturated heterocycles. The predicted molar refractivity (Wildman–Crippen MR) is 104 cm³/mol. The molecule has 2 aromatic carbocycles. The van der Waals surface area contributed by atoms with Gasteiger partial charge in [-0.25, -0.2) is 13.6 Å². The van der Waals surface area contributed by atoms with Gasteiger partial charge in [0.1, 0.15) is 11.4 Å². The number of aromatic nitrogens is 2. The topological polar surface area (TPSA) is 138 Å². The molecule has 1 aromatic heterocycles. The molecule has 0 atom stereocenters. The van der Waals surface area contributed by atoms with Crippen molar-refractivity contribution in [3.05, 3.63) is 64.8 Å². The van der Waals surface area contributed by atoms with Crippen molar-refractivity contribution >= 4 is 15.9 Å². The number of hydrogen-bond donors (Lipinski definition) is 4. The molecule has 3 aromatic rings. The van der Waals surface area contributed by atoms with Crippen molar-refractivity contribution in [2.45, 2.75) is 25.3 Å². The number of rotatable bonds is 5. The fraction of sp³-hybridized carbons (Fsp3) is 0.158. The zero-order valence-corrected chi connectivity index (χ0v) is 16.2. The lowest BCUT2D eigenvalue weighted by atomic mass is 10.0. The molecule has 3 rings (SSSR count). The van der Waals surface area contributed by atoms with Crippen LogP contribution in [-0.4, -0.2) is 29.6 Å². The van der Waals surface area contributed by atoms with E-state index in [1.54, 1.807) is 24.3 Å². The number of aromatic hydroxyl groups is 1. The lowest BCUT2D eigenvalue weighted by Crippen LogP contribution is -2.23. The number of amides is 1. The zero-order chi connectivity index (χ0) is 20.5. The third-order valence-corrected chi connectivity index (χ3v) is 5.17. The second kappa shape index (κ2) is 7.45. The van der Waals surface area contributed by atoms with Crippen molar-refractivity contribution in [1.29, 1.82) is 0 Å². The molecule has 8 nitrogen and oxygen atoms in total. The van der Waals surface area contributed by atoms with Crippen LogP contribution in [0.2, 0.25) is 0 Å². The van der Waals surface area contributed by atoms with Gasteiger partial charge in [0.25, 0.3) is 5.91 Å². The number of carbonyl (C=O) groups excluding carboxylic acids is 1. The first-order valence-corrected chi connectivity index (χ1v) is 9.95. The van der Waals surface area contributed by atoms with E-state index in [-0.39, 0.29) is 28.8 Å². The number of nitrogens with two attached hydrogens (primary N) is 1. The average Bonchev–Trinajstić information content (AvgIpc) is 3.08. The molecule has 1 amide bonds. The Morgan fingerprint density at radius 3 is 2.46 bits per heavy atom. The molecule has 0 saturated carbocycles. The second-order valence-electron chi connectivity index (χ2n) is 6.51. The molecule has 0 spiro atoms. The highest BCUT2D eigenvalue weighted by molar-refractivity contribution is 7.89. The third kappa shape index (κ3) is 4.21. The number of hydrogen-bond acceptors (Lipinski definition) is 5. The van der Waals surface area contributed by atoms with Gasteiger partial charge in [-0.3, -0.25) is 9.89 Å². The minimum atomic E-state index is -3.75. The van der Waals surface area contributed by atoms with Gasteiger partial charge >= 0.3 is 0 Å². The van der Waals surface area contributed by atoms with Crippen LogP contribution in [0.5, 0.6) is 5.75 Å². The number of aromatic amines is 1. The molecule has 0 bridgehead atoms. The zero-order valence-electron chi connectivity index (χ0n) is 15.4. The number of phenols is 1.